The molecule has 1 aliphatic rings. The van der Waals surface area contributed by atoms with Crippen molar-refractivity contribution in [1.29, 1.82) is 0 Å². The molecule has 1 saturated heterocycles. The number of hydrogen-bond acceptors (Lipinski definition) is 2. The van der Waals surface area contributed by atoms with Crippen LogP contribution < -0.4 is 5.73 Å². The quantitative estimate of drug-likeness (QED) is 0.865. The van der Waals surface area contributed by atoms with Crippen molar-refractivity contribution in [3.63, 3.8) is 0 Å². The van der Waals surface area contributed by atoms with Crippen molar-refractivity contribution in [1.82, 2.24) is 4.90 Å². The van der Waals surface area contributed by atoms with E-state index in [9.17, 15) is 0 Å². The monoisotopic (exact) mass is 246 g/mol. The maximum absolute atomic E-state index is 6.01. The van der Waals surface area contributed by atoms with Gasteiger partial charge in [0.15, 0.2) is 0 Å². The maximum Gasteiger partial charge on any atom is 0.0306 e. The van der Waals surface area contributed by atoms with Gasteiger partial charge in [0.25, 0.3) is 0 Å². The van der Waals surface area contributed by atoms with E-state index in [0.29, 0.717) is 11.8 Å². The van der Waals surface area contributed by atoms with Crippen LogP contribution in [-0.2, 0) is 0 Å². The molecular formula is C16H26N2. The summed E-state index contributed by atoms with van der Waals surface area (Å²) in [5.74, 6) is 1.40. The molecule has 0 bridgehead atoms. The van der Waals surface area contributed by atoms with E-state index in [-0.39, 0.29) is 5.54 Å². The first-order chi connectivity index (χ1) is 8.55. The van der Waals surface area contributed by atoms with Gasteiger partial charge in [-0.1, -0.05) is 44.2 Å². The summed E-state index contributed by atoms with van der Waals surface area (Å²) in [6.45, 7) is 9.94. The van der Waals surface area contributed by atoms with E-state index >= 15 is 0 Å². The molecule has 1 aromatic rings. The van der Waals surface area contributed by atoms with Crippen molar-refractivity contribution in [2.24, 2.45) is 11.7 Å². The molecule has 1 atom stereocenters. The Balaban J connectivity index is 1.95. The first-order valence-electron chi connectivity index (χ1n) is 7.05. The highest BCUT2D eigenvalue weighted by atomic mass is 15.3. The Morgan fingerprint density at radius 1 is 1.28 bits per heavy atom. The number of hydrogen-bond donors (Lipinski definition) is 1. The summed E-state index contributed by atoms with van der Waals surface area (Å²) in [7, 11) is 0. The zero-order valence-electron chi connectivity index (χ0n) is 11.9. The first kappa shape index (κ1) is 13.6. The number of nitrogens with two attached hydrogens (primary N) is 1. The Bertz CT molecular complexity index is 368. The van der Waals surface area contributed by atoms with Crippen LogP contribution in [0.2, 0.25) is 0 Å². The van der Waals surface area contributed by atoms with E-state index in [0.717, 1.165) is 19.6 Å². The van der Waals surface area contributed by atoms with Crippen molar-refractivity contribution < 1.29 is 0 Å². The fourth-order valence-electron chi connectivity index (χ4n) is 3.08. The van der Waals surface area contributed by atoms with Gasteiger partial charge in [0, 0.05) is 31.1 Å². The highest BCUT2D eigenvalue weighted by Gasteiger charge is 2.40. The highest BCUT2D eigenvalue weighted by Crippen LogP contribution is 2.35. The highest BCUT2D eigenvalue weighted by molar-refractivity contribution is 5.23. The predicted molar refractivity (Wildman–Crippen MR) is 77.7 cm³/mol. The van der Waals surface area contributed by atoms with Crippen molar-refractivity contribution in [2.75, 3.05) is 19.6 Å². The van der Waals surface area contributed by atoms with Crippen LogP contribution in [0, 0.1) is 5.92 Å². The van der Waals surface area contributed by atoms with Gasteiger partial charge in [-0.2, -0.15) is 0 Å². The molecule has 0 aliphatic carbocycles. The van der Waals surface area contributed by atoms with E-state index in [4.69, 9.17) is 5.73 Å². The van der Waals surface area contributed by atoms with Gasteiger partial charge in [-0.25, -0.2) is 0 Å². The van der Waals surface area contributed by atoms with Crippen LogP contribution in [0.4, 0.5) is 0 Å². The molecule has 18 heavy (non-hydrogen) atoms. The van der Waals surface area contributed by atoms with E-state index in [2.05, 4.69) is 56.0 Å². The molecule has 0 spiro atoms. The number of benzene rings is 1. The number of likely N-dealkylation sites (tertiary alicyclic amines) is 1. The van der Waals surface area contributed by atoms with Crippen LogP contribution >= 0.6 is 0 Å². The average molecular weight is 246 g/mol. The molecule has 1 heterocycles. The lowest BCUT2D eigenvalue weighted by molar-refractivity contribution is 0.0149. The van der Waals surface area contributed by atoms with Crippen LogP contribution in [0.1, 0.15) is 38.7 Å². The summed E-state index contributed by atoms with van der Waals surface area (Å²) >= 11 is 0. The van der Waals surface area contributed by atoms with Gasteiger partial charge in [-0.05, 0) is 24.8 Å². The Morgan fingerprint density at radius 3 is 2.39 bits per heavy atom. The lowest BCUT2D eigenvalue weighted by Crippen LogP contribution is -2.61. The third-order valence-corrected chi connectivity index (χ3v) is 4.20. The fourth-order valence-corrected chi connectivity index (χ4v) is 3.08. The van der Waals surface area contributed by atoms with Crippen LogP contribution in [0.3, 0.4) is 0 Å². The van der Waals surface area contributed by atoms with Crippen LogP contribution in [0.15, 0.2) is 30.3 Å². The minimum atomic E-state index is 0.180. The Labute approximate surface area is 111 Å². The lowest BCUT2D eigenvalue weighted by atomic mass is 9.81. The molecule has 0 amide bonds. The van der Waals surface area contributed by atoms with Crippen molar-refractivity contribution in [3.8, 4) is 0 Å². The topological polar surface area (TPSA) is 29.3 Å². The lowest BCUT2D eigenvalue weighted by Gasteiger charge is -2.51. The zero-order chi connectivity index (χ0) is 13.2. The van der Waals surface area contributed by atoms with E-state index in [1.807, 2.05) is 0 Å². The summed E-state index contributed by atoms with van der Waals surface area (Å²) in [5, 5.41) is 0. The second-order valence-corrected chi connectivity index (χ2v) is 6.31. The summed E-state index contributed by atoms with van der Waals surface area (Å²) in [5.41, 5.74) is 7.66. The molecule has 2 heteroatoms. The third kappa shape index (κ3) is 2.76. The molecule has 1 fully saturated rings. The molecule has 2 nitrogen and oxygen atoms in total. The van der Waals surface area contributed by atoms with Crippen LogP contribution in [-0.4, -0.2) is 30.1 Å². The van der Waals surface area contributed by atoms with E-state index in [1.54, 1.807) is 0 Å². The molecule has 1 aromatic carbocycles. The van der Waals surface area contributed by atoms with Crippen molar-refractivity contribution in [2.45, 2.75) is 38.6 Å². The molecule has 0 saturated carbocycles. The standard InChI is InChI=1S/C16H26N2/c1-13(2)9-16(3,12-17)18-10-15(11-18)14-7-5-4-6-8-14/h4-8,13,15H,9-12,17H2,1-3H3. The van der Waals surface area contributed by atoms with Gasteiger partial charge >= 0.3 is 0 Å². The minimum absolute atomic E-state index is 0.180. The van der Waals surface area contributed by atoms with Crippen molar-refractivity contribution in [3.05, 3.63) is 35.9 Å². The fraction of sp³-hybridized carbons (Fsp3) is 0.625. The zero-order valence-corrected chi connectivity index (χ0v) is 11.9. The smallest absolute Gasteiger partial charge is 0.0306 e. The third-order valence-electron chi connectivity index (χ3n) is 4.20. The molecule has 0 radical (unpaired) electrons. The van der Waals surface area contributed by atoms with Crippen LogP contribution in [0.25, 0.3) is 0 Å². The molecule has 100 valence electrons. The van der Waals surface area contributed by atoms with Gasteiger partial charge in [-0.15, -0.1) is 0 Å². The summed E-state index contributed by atoms with van der Waals surface area (Å²) in [6.07, 6.45) is 1.19. The van der Waals surface area contributed by atoms with Gasteiger partial charge in [0.1, 0.15) is 0 Å². The summed E-state index contributed by atoms with van der Waals surface area (Å²) in [6, 6.07) is 10.8. The summed E-state index contributed by atoms with van der Waals surface area (Å²) in [4.78, 5) is 2.56. The van der Waals surface area contributed by atoms with Crippen LogP contribution in [0.5, 0.6) is 0 Å². The SMILES string of the molecule is CC(C)CC(C)(CN)N1CC(c2ccccc2)C1. The Kier molecular flexibility index (Phi) is 4.08. The first-order valence-corrected chi connectivity index (χ1v) is 7.05. The van der Waals surface area contributed by atoms with E-state index < -0.39 is 0 Å². The van der Waals surface area contributed by atoms with E-state index in [1.165, 1.54) is 12.0 Å². The van der Waals surface area contributed by atoms with Gasteiger partial charge < -0.3 is 5.73 Å². The molecule has 1 unspecified atom stereocenters. The average Bonchev–Trinajstić information content (AvgIpc) is 2.27. The molecule has 0 aromatic heterocycles. The maximum atomic E-state index is 6.01. The molecule has 2 N–H and O–H groups in total. The largest absolute Gasteiger partial charge is 0.329 e. The molecular weight excluding hydrogens is 220 g/mol. The van der Waals surface area contributed by atoms with Gasteiger partial charge in [0.2, 0.25) is 0 Å². The Morgan fingerprint density at radius 2 is 1.89 bits per heavy atom. The predicted octanol–water partition coefficient (Wildman–Crippen LogP) is 2.85. The Hall–Kier alpha value is -0.860. The van der Waals surface area contributed by atoms with Crippen molar-refractivity contribution >= 4 is 0 Å². The molecule has 1 aliphatic heterocycles. The van der Waals surface area contributed by atoms with Gasteiger partial charge in [-0.3, -0.25) is 4.90 Å². The second-order valence-electron chi connectivity index (χ2n) is 6.31. The minimum Gasteiger partial charge on any atom is -0.329 e. The van der Waals surface area contributed by atoms with Gasteiger partial charge in [0.05, 0.1) is 0 Å². The second kappa shape index (κ2) is 5.41. The normalized spacial score (nSPS) is 20.7. The summed E-state index contributed by atoms with van der Waals surface area (Å²) < 4.78 is 0. The number of rotatable bonds is 5. The number of nitrogens with zero attached hydrogens (tertiary/aromatic N) is 1. The molecule has 2 rings (SSSR count).